The Balaban J connectivity index is 1.98. The lowest BCUT2D eigenvalue weighted by Gasteiger charge is -2.37. The van der Waals surface area contributed by atoms with E-state index in [2.05, 4.69) is 11.0 Å². The maximum absolute atomic E-state index is 11.9. The number of carbonyl (C=O) groups is 1. The SMILES string of the molecule is CCCC(=O)N1CCN(C(C#N)c2ccc(OC)cc2)CC1. The fourth-order valence-electron chi connectivity index (χ4n) is 2.75. The number of ether oxygens (including phenoxy) is 1. The molecular formula is C17H23N3O2. The zero-order chi connectivity index (χ0) is 15.9. The van der Waals surface area contributed by atoms with E-state index in [-0.39, 0.29) is 11.9 Å². The minimum Gasteiger partial charge on any atom is -0.497 e. The standard InChI is InChI=1S/C17H23N3O2/c1-3-4-17(21)20-11-9-19(10-12-20)16(13-18)14-5-7-15(22-2)8-6-14/h5-8,16H,3-4,9-12H2,1-2H3. The predicted octanol–water partition coefficient (Wildman–Crippen LogP) is 2.20. The molecule has 1 heterocycles. The number of nitriles is 1. The van der Waals surface area contributed by atoms with Crippen LogP contribution in [0.2, 0.25) is 0 Å². The average molecular weight is 301 g/mol. The second-order valence-corrected chi connectivity index (χ2v) is 5.47. The highest BCUT2D eigenvalue weighted by atomic mass is 16.5. The van der Waals surface area contributed by atoms with Crippen LogP contribution in [0.15, 0.2) is 24.3 Å². The van der Waals surface area contributed by atoms with Gasteiger partial charge in [0.25, 0.3) is 0 Å². The van der Waals surface area contributed by atoms with E-state index in [4.69, 9.17) is 4.74 Å². The highest BCUT2D eigenvalue weighted by Crippen LogP contribution is 2.23. The lowest BCUT2D eigenvalue weighted by atomic mass is 10.1. The van der Waals surface area contributed by atoms with Gasteiger partial charge in [-0.05, 0) is 24.1 Å². The minimum absolute atomic E-state index is 0.222. The number of hydrogen-bond acceptors (Lipinski definition) is 4. The second-order valence-electron chi connectivity index (χ2n) is 5.47. The van der Waals surface area contributed by atoms with Crippen molar-refractivity contribution in [1.82, 2.24) is 9.80 Å². The zero-order valence-corrected chi connectivity index (χ0v) is 13.3. The Morgan fingerprint density at radius 1 is 1.27 bits per heavy atom. The summed E-state index contributed by atoms with van der Waals surface area (Å²) in [7, 11) is 1.63. The summed E-state index contributed by atoms with van der Waals surface area (Å²) in [4.78, 5) is 16.0. The van der Waals surface area contributed by atoms with Crippen LogP contribution in [0.4, 0.5) is 0 Å². The summed E-state index contributed by atoms with van der Waals surface area (Å²) >= 11 is 0. The van der Waals surface area contributed by atoms with Crippen LogP contribution in [0.1, 0.15) is 31.4 Å². The number of amides is 1. The Hall–Kier alpha value is -2.06. The molecular weight excluding hydrogens is 278 g/mol. The number of methoxy groups -OCH3 is 1. The molecule has 5 heteroatoms. The number of piperazine rings is 1. The van der Waals surface area contributed by atoms with Gasteiger partial charge >= 0.3 is 0 Å². The number of rotatable bonds is 5. The lowest BCUT2D eigenvalue weighted by molar-refractivity contribution is -0.133. The summed E-state index contributed by atoms with van der Waals surface area (Å²) in [6.07, 6.45) is 1.49. The summed E-state index contributed by atoms with van der Waals surface area (Å²) in [5, 5.41) is 9.51. The molecule has 5 nitrogen and oxygen atoms in total. The van der Waals surface area contributed by atoms with E-state index >= 15 is 0 Å². The predicted molar refractivity (Wildman–Crippen MR) is 84.4 cm³/mol. The molecule has 0 spiro atoms. The molecule has 2 rings (SSSR count). The maximum Gasteiger partial charge on any atom is 0.222 e. The Labute approximate surface area is 132 Å². The van der Waals surface area contributed by atoms with Gasteiger partial charge in [-0.15, -0.1) is 0 Å². The van der Waals surface area contributed by atoms with E-state index in [1.54, 1.807) is 7.11 Å². The minimum atomic E-state index is -0.269. The van der Waals surface area contributed by atoms with Gasteiger partial charge in [-0.3, -0.25) is 9.69 Å². The molecule has 0 radical (unpaired) electrons. The number of benzene rings is 1. The Morgan fingerprint density at radius 3 is 2.41 bits per heavy atom. The molecule has 0 aliphatic carbocycles. The molecule has 1 unspecified atom stereocenters. The highest BCUT2D eigenvalue weighted by Gasteiger charge is 2.26. The molecule has 1 aromatic rings. The van der Waals surface area contributed by atoms with Crippen LogP contribution < -0.4 is 4.74 Å². The third kappa shape index (κ3) is 3.77. The van der Waals surface area contributed by atoms with E-state index in [1.165, 1.54) is 0 Å². The molecule has 1 amide bonds. The molecule has 1 fully saturated rings. The van der Waals surface area contributed by atoms with Gasteiger partial charge in [0.15, 0.2) is 0 Å². The van der Waals surface area contributed by atoms with E-state index in [9.17, 15) is 10.1 Å². The first kappa shape index (κ1) is 16.3. The molecule has 1 aliphatic heterocycles. The van der Waals surface area contributed by atoms with E-state index in [1.807, 2.05) is 36.1 Å². The number of carbonyl (C=O) groups excluding carboxylic acids is 1. The summed E-state index contributed by atoms with van der Waals surface area (Å²) in [6, 6.07) is 9.72. The molecule has 0 saturated carbocycles. The molecule has 1 atom stereocenters. The molecule has 118 valence electrons. The summed E-state index contributed by atoms with van der Waals surface area (Å²) in [5.74, 6) is 1.01. The monoisotopic (exact) mass is 301 g/mol. The van der Waals surface area contributed by atoms with Gasteiger partial charge in [0.05, 0.1) is 13.2 Å². The maximum atomic E-state index is 11.9. The first-order valence-electron chi connectivity index (χ1n) is 7.75. The summed E-state index contributed by atoms with van der Waals surface area (Å²) in [6.45, 7) is 4.89. The largest absolute Gasteiger partial charge is 0.497 e. The average Bonchev–Trinajstić information content (AvgIpc) is 2.57. The topological polar surface area (TPSA) is 56.6 Å². The van der Waals surface area contributed by atoms with E-state index < -0.39 is 0 Å². The van der Waals surface area contributed by atoms with Crippen LogP contribution in [0.25, 0.3) is 0 Å². The van der Waals surface area contributed by atoms with Crippen molar-refractivity contribution >= 4 is 5.91 Å². The molecule has 1 aliphatic rings. The van der Waals surface area contributed by atoms with Crippen molar-refractivity contribution < 1.29 is 9.53 Å². The van der Waals surface area contributed by atoms with E-state index in [0.717, 1.165) is 30.8 Å². The molecule has 22 heavy (non-hydrogen) atoms. The Morgan fingerprint density at radius 2 is 1.91 bits per heavy atom. The van der Waals surface area contributed by atoms with Crippen molar-refractivity contribution in [1.29, 1.82) is 5.26 Å². The van der Waals surface area contributed by atoms with Gasteiger partial charge < -0.3 is 9.64 Å². The quantitative estimate of drug-likeness (QED) is 0.836. The van der Waals surface area contributed by atoms with Crippen LogP contribution in [0.5, 0.6) is 5.75 Å². The summed E-state index contributed by atoms with van der Waals surface area (Å²) in [5.41, 5.74) is 0.969. The number of hydrogen-bond donors (Lipinski definition) is 0. The summed E-state index contributed by atoms with van der Waals surface area (Å²) < 4.78 is 5.15. The van der Waals surface area contributed by atoms with Crippen molar-refractivity contribution in [3.8, 4) is 11.8 Å². The third-order valence-electron chi connectivity index (χ3n) is 4.05. The normalized spacial score (nSPS) is 16.9. The third-order valence-corrected chi connectivity index (χ3v) is 4.05. The van der Waals surface area contributed by atoms with Crippen molar-refractivity contribution in [3.63, 3.8) is 0 Å². The molecule has 0 N–H and O–H groups in total. The van der Waals surface area contributed by atoms with Crippen molar-refractivity contribution in [2.75, 3.05) is 33.3 Å². The van der Waals surface area contributed by atoms with Gasteiger partial charge in [-0.1, -0.05) is 19.1 Å². The van der Waals surface area contributed by atoms with Crippen LogP contribution in [-0.4, -0.2) is 49.0 Å². The fourth-order valence-corrected chi connectivity index (χ4v) is 2.75. The van der Waals surface area contributed by atoms with Gasteiger partial charge in [0.1, 0.15) is 11.8 Å². The van der Waals surface area contributed by atoms with Crippen molar-refractivity contribution in [2.45, 2.75) is 25.8 Å². The second kappa shape index (κ2) is 7.81. The lowest BCUT2D eigenvalue weighted by Crippen LogP contribution is -2.49. The Bertz CT molecular complexity index is 528. The first-order valence-corrected chi connectivity index (χ1v) is 7.75. The van der Waals surface area contributed by atoms with Gasteiger partial charge in [-0.2, -0.15) is 5.26 Å². The highest BCUT2D eigenvalue weighted by molar-refractivity contribution is 5.76. The molecule has 1 saturated heterocycles. The smallest absolute Gasteiger partial charge is 0.222 e. The van der Waals surface area contributed by atoms with Crippen LogP contribution in [-0.2, 0) is 4.79 Å². The molecule has 1 aromatic carbocycles. The van der Waals surface area contributed by atoms with Crippen molar-refractivity contribution in [2.24, 2.45) is 0 Å². The van der Waals surface area contributed by atoms with Gasteiger partial charge in [0.2, 0.25) is 5.91 Å². The number of nitrogens with zero attached hydrogens (tertiary/aromatic N) is 3. The van der Waals surface area contributed by atoms with Crippen LogP contribution in [0.3, 0.4) is 0 Å². The van der Waals surface area contributed by atoms with Gasteiger partial charge in [0, 0.05) is 32.6 Å². The zero-order valence-electron chi connectivity index (χ0n) is 13.3. The van der Waals surface area contributed by atoms with Crippen LogP contribution in [0, 0.1) is 11.3 Å². The molecule has 0 aromatic heterocycles. The fraction of sp³-hybridized carbons (Fsp3) is 0.529. The first-order chi connectivity index (χ1) is 10.7. The van der Waals surface area contributed by atoms with Crippen LogP contribution >= 0.6 is 0 Å². The van der Waals surface area contributed by atoms with Crippen molar-refractivity contribution in [3.05, 3.63) is 29.8 Å². The molecule has 0 bridgehead atoms. The Kier molecular flexibility index (Phi) is 5.79. The van der Waals surface area contributed by atoms with Gasteiger partial charge in [-0.25, -0.2) is 0 Å². The van der Waals surface area contributed by atoms with E-state index in [0.29, 0.717) is 19.5 Å².